The summed E-state index contributed by atoms with van der Waals surface area (Å²) >= 11 is 6.09. The lowest BCUT2D eigenvalue weighted by atomic mass is 9.97. The molecule has 0 radical (unpaired) electrons. The number of rotatable bonds is 3. The summed E-state index contributed by atoms with van der Waals surface area (Å²) in [4.78, 5) is 0. The molecular formula is C9H17ClO. The van der Waals surface area contributed by atoms with Crippen LogP contribution in [0.25, 0.3) is 0 Å². The summed E-state index contributed by atoms with van der Waals surface area (Å²) in [6.07, 6.45) is 6.30. The SMILES string of the molecule is CCCO[C@@H]1CCCC[C@H]1Cl. The first kappa shape index (κ1) is 9.34. The van der Waals surface area contributed by atoms with E-state index in [-0.39, 0.29) is 5.38 Å². The first-order chi connectivity index (χ1) is 5.34. The lowest BCUT2D eigenvalue weighted by Gasteiger charge is -2.26. The van der Waals surface area contributed by atoms with E-state index in [1.54, 1.807) is 0 Å². The molecule has 11 heavy (non-hydrogen) atoms. The monoisotopic (exact) mass is 176 g/mol. The zero-order valence-corrected chi connectivity index (χ0v) is 7.94. The van der Waals surface area contributed by atoms with Crippen molar-refractivity contribution in [1.82, 2.24) is 0 Å². The van der Waals surface area contributed by atoms with Crippen molar-refractivity contribution >= 4 is 11.6 Å². The van der Waals surface area contributed by atoms with Crippen LogP contribution in [0.2, 0.25) is 0 Å². The van der Waals surface area contributed by atoms with Gasteiger partial charge in [-0.25, -0.2) is 0 Å². The Kier molecular flexibility index (Phi) is 4.24. The predicted molar refractivity (Wildman–Crippen MR) is 48.1 cm³/mol. The molecule has 0 aromatic carbocycles. The van der Waals surface area contributed by atoms with Gasteiger partial charge >= 0.3 is 0 Å². The standard InChI is InChI=1S/C9H17ClO/c1-2-7-11-9-6-4-3-5-8(9)10/h8-9H,2-7H2,1H3/t8-,9-/m1/s1. The van der Waals surface area contributed by atoms with E-state index in [9.17, 15) is 0 Å². The zero-order valence-electron chi connectivity index (χ0n) is 7.18. The molecule has 0 aromatic heterocycles. The lowest BCUT2D eigenvalue weighted by Crippen LogP contribution is -2.28. The van der Waals surface area contributed by atoms with Crippen LogP contribution in [0.3, 0.4) is 0 Å². The Labute approximate surface area is 74.1 Å². The predicted octanol–water partition coefficient (Wildman–Crippen LogP) is 2.96. The Morgan fingerprint density at radius 1 is 1.36 bits per heavy atom. The third-order valence-corrected chi connectivity index (χ3v) is 2.66. The van der Waals surface area contributed by atoms with E-state index in [2.05, 4.69) is 6.92 Å². The Bertz CT molecular complexity index is 106. The molecule has 0 aliphatic heterocycles. The van der Waals surface area contributed by atoms with Crippen molar-refractivity contribution in [1.29, 1.82) is 0 Å². The molecule has 1 saturated carbocycles. The first-order valence-electron chi connectivity index (χ1n) is 4.60. The van der Waals surface area contributed by atoms with Gasteiger partial charge in [-0.15, -0.1) is 11.6 Å². The average molecular weight is 177 g/mol. The van der Waals surface area contributed by atoms with Crippen LogP contribution in [0.15, 0.2) is 0 Å². The van der Waals surface area contributed by atoms with Crippen molar-refractivity contribution in [3.05, 3.63) is 0 Å². The summed E-state index contributed by atoms with van der Waals surface area (Å²) in [5.74, 6) is 0. The van der Waals surface area contributed by atoms with Gasteiger partial charge in [0.2, 0.25) is 0 Å². The maximum absolute atomic E-state index is 6.09. The molecule has 1 aliphatic rings. The van der Waals surface area contributed by atoms with Crippen molar-refractivity contribution < 1.29 is 4.74 Å². The average Bonchev–Trinajstić information content (AvgIpc) is 2.03. The topological polar surface area (TPSA) is 9.23 Å². The summed E-state index contributed by atoms with van der Waals surface area (Å²) in [5.41, 5.74) is 0. The largest absolute Gasteiger partial charge is 0.377 e. The molecule has 1 rings (SSSR count). The molecule has 2 heteroatoms. The quantitative estimate of drug-likeness (QED) is 0.601. The number of alkyl halides is 1. The minimum absolute atomic E-state index is 0.273. The van der Waals surface area contributed by atoms with Gasteiger partial charge in [0.1, 0.15) is 0 Å². The highest BCUT2D eigenvalue weighted by molar-refractivity contribution is 6.21. The van der Waals surface area contributed by atoms with Crippen molar-refractivity contribution in [3.8, 4) is 0 Å². The fraction of sp³-hybridized carbons (Fsp3) is 1.00. The van der Waals surface area contributed by atoms with Crippen LogP contribution in [0.5, 0.6) is 0 Å². The third kappa shape index (κ3) is 3.00. The van der Waals surface area contributed by atoms with Gasteiger partial charge < -0.3 is 4.74 Å². The van der Waals surface area contributed by atoms with Crippen LogP contribution >= 0.6 is 11.6 Å². The van der Waals surface area contributed by atoms with E-state index in [0.29, 0.717) is 6.10 Å². The Morgan fingerprint density at radius 2 is 2.09 bits per heavy atom. The van der Waals surface area contributed by atoms with Crippen molar-refractivity contribution in [2.75, 3.05) is 6.61 Å². The van der Waals surface area contributed by atoms with Gasteiger partial charge in [0.25, 0.3) is 0 Å². The van der Waals surface area contributed by atoms with Crippen molar-refractivity contribution in [2.45, 2.75) is 50.5 Å². The number of hydrogen-bond acceptors (Lipinski definition) is 1. The molecule has 1 nitrogen and oxygen atoms in total. The summed E-state index contributed by atoms with van der Waals surface area (Å²) in [5, 5.41) is 0.273. The second-order valence-corrected chi connectivity index (χ2v) is 3.77. The molecule has 0 saturated heterocycles. The molecule has 1 fully saturated rings. The third-order valence-electron chi connectivity index (χ3n) is 2.16. The fourth-order valence-electron chi connectivity index (χ4n) is 1.51. The van der Waals surface area contributed by atoms with E-state index in [0.717, 1.165) is 25.9 Å². The Balaban J connectivity index is 2.18. The highest BCUT2D eigenvalue weighted by Gasteiger charge is 2.22. The Morgan fingerprint density at radius 3 is 2.73 bits per heavy atom. The highest BCUT2D eigenvalue weighted by atomic mass is 35.5. The van der Waals surface area contributed by atoms with E-state index < -0.39 is 0 Å². The molecule has 66 valence electrons. The maximum Gasteiger partial charge on any atom is 0.0738 e. The van der Waals surface area contributed by atoms with Gasteiger partial charge in [-0.05, 0) is 19.3 Å². The molecule has 2 atom stereocenters. The van der Waals surface area contributed by atoms with Gasteiger partial charge in [0, 0.05) is 6.61 Å². The van der Waals surface area contributed by atoms with Gasteiger partial charge in [-0.3, -0.25) is 0 Å². The summed E-state index contributed by atoms with van der Waals surface area (Å²) in [6.45, 7) is 3.00. The molecule has 1 aliphatic carbocycles. The summed E-state index contributed by atoms with van der Waals surface area (Å²) < 4.78 is 5.61. The molecule has 0 amide bonds. The summed E-state index contributed by atoms with van der Waals surface area (Å²) in [6, 6.07) is 0. The zero-order chi connectivity index (χ0) is 8.10. The van der Waals surface area contributed by atoms with E-state index >= 15 is 0 Å². The minimum atomic E-state index is 0.273. The molecule has 0 spiro atoms. The van der Waals surface area contributed by atoms with Gasteiger partial charge in [0.05, 0.1) is 11.5 Å². The summed E-state index contributed by atoms with van der Waals surface area (Å²) in [7, 11) is 0. The highest BCUT2D eigenvalue weighted by Crippen LogP contribution is 2.25. The van der Waals surface area contributed by atoms with Crippen LogP contribution in [0.4, 0.5) is 0 Å². The van der Waals surface area contributed by atoms with E-state index in [4.69, 9.17) is 16.3 Å². The van der Waals surface area contributed by atoms with Crippen molar-refractivity contribution in [2.24, 2.45) is 0 Å². The van der Waals surface area contributed by atoms with Crippen LogP contribution < -0.4 is 0 Å². The van der Waals surface area contributed by atoms with Gasteiger partial charge in [-0.1, -0.05) is 19.8 Å². The first-order valence-corrected chi connectivity index (χ1v) is 5.04. The normalized spacial score (nSPS) is 32.2. The minimum Gasteiger partial charge on any atom is -0.377 e. The molecule has 0 N–H and O–H groups in total. The molecule has 0 aromatic rings. The number of ether oxygens (including phenoxy) is 1. The molecule has 0 unspecified atom stereocenters. The van der Waals surface area contributed by atoms with Crippen LogP contribution in [-0.2, 0) is 4.74 Å². The van der Waals surface area contributed by atoms with Gasteiger partial charge in [0.15, 0.2) is 0 Å². The molecular weight excluding hydrogens is 160 g/mol. The van der Waals surface area contributed by atoms with Crippen LogP contribution in [0, 0.1) is 0 Å². The number of hydrogen-bond donors (Lipinski definition) is 0. The van der Waals surface area contributed by atoms with Crippen LogP contribution in [0.1, 0.15) is 39.0 Å². The molecule has 0 bridgehead atoms. The van der Waals surface area contributed by atoms with Crippen molar-refractivity contribution in [3.63, 3.8) is 0 Å². The molecule has 0 heterocycles. The Hall–Kier alpha value is 0.250. The van der Waals surface area contributed by atoms with E-state index in [1.165, 1.54) is 12.8 Å². The van der Waals surface area contributed by atoms with Gasteiger partial charge in [-0.2, -0.15) is 0 Å². The lowest BCUT2D eigenvalue weighted by molar-refractivity contribution is 0.0319. The second-order valence-electron chi connectivity index (χ2n) is 3.21. The smallest absolute Gasteiger partial charge is 0.0738 e. The number of halogens is 1. The van der Waals surface area contributed by atoms with Crippen LogP contribution in [-0.4, -0.2) is 18.1 Å². The van der Waals surface area contributed by atoms with E-state index in [1.807, 2.05) is 0 Å². The fourth-order valence-corrected chi connectivity index (χ4v) is 1.86. The second kappa shape index (κ2) is 5.00. The maximum atomic E-state index is 6.09.